The summed E-state index contributed by atoms with van der Waals surface area (Å²) in [5, 5.41) is 3.23. The van der Waals surface area contributed by atoms with E-state index in [2.05, 4.69) is 18.0 Å². The molecular weight excluding hydrogens is 170 g/mol. The predicted molar refractivity (Wildman–Crippen MR) is 67.6 cm³/mol. The van der Waals surface area contributed by atoms with Gasteiger partial charge in [-0.25, -0.2) is 0 Å². The molecule has 0 amide bonds. The van der Waals surface area contributed by atoms with E-state index in [-0.39, 0.29) is 0 Å². The Morgan fingerprint density at radius 2 is 1.71 bits per heavy atom. The van der Waals surface area contributed by atoms with Crippen molar-refractivity contribution in [1.82, 2.24) is 5.32 Å². The van der Waals surface area contributed by atoms with Gasteiger partial charge in [0.25, 0.3) is 0 Å². The lowest BCUT2D eigenvalue weighted by atomic mass is 10.1. The number of hydrogen-bond acceptors (Lipinski definition) is 1. The minimum atomic E-state index is 0.948. The van der Waals surface area contributed by atoms with Gasteiger partial charge in [-0.3, -0.25) is 0 Å². The fraction of sp³-hybridized carbons (Fsp3) is 0.538. The molecule has 0 atom stereocenters. The van der Waals surface area contributed by atoms with Crippen LogP contribution >= 0.6 is 0 Å². The second kappa shape index (κ2) is 12.2. The highest BCUT2D eigenvalue weighted by Gasteiger charge is 2.07. The van der Waals surface area contributed by atoms with E-state index in [0.717, 1.165) is 13.1 Å². The van der Waals surface area contributed by atoms with Gasteiger partial charge in [0.15, 0.2) is 0 Å². The molecule has 1 heterocycles. The van der Waals surface area contributed by atoms with Crippen LogP contribution in [0.4, 0.5) is 0 Å². The van der Waals surface area contributed by atoms with E-state index in [1.165, 1.54) is 11.1 Å². The van der Waals surface area contributed by atoms with Gasteiger partial charge in [0, 0.05) is 13.1 Å². The summed E-state index contributed by atoms with van der Waals surface area (Å²) < 4.78 is 0. The van der Waals surface area contributed by atoms with Gasteiger partial charge in [-0.2, -0.15) is 0 Å². The van der Waals surface area contributed by atoms with E-state index in [4.69, 9.17) is 0 Å². The molecule has 0 bridgehead atoms. The van der Waals surface area contributed by atoms with Gasteiger partial charge in [-0.15, -0.1) is 0 Å². The van der Waals surface area contributed by atoms with Gasteiger partial charge in [0.05, 0.1) is 0 Å². The summed E-state index contributed by atoms with van der Waals surface area (Å²) in [4.78, 5) is 0. The molecule has 1 fully saturated rings. The summed E-state index contributed by atoms with van der Waals surface area (Å²) in [5.41, 5.74) is 2.55. The monoisotopic (exact) mass is 195 g/mol. The Morgan fingerprint density at radius 1 is 1.14 bits per heavy atom. The first kappa shape index (κ1) is 15.6. The van der Waals surface area contributed by atoms with Crippen molar-refractivity contribution in [3.05, 3.63) is 36.0 Å². The maximum absolute atomic E-state index is 3.92. The fourth-order valence-electron chi connectivity index (χ4n) is 0.976. The van der Waals surface area contributed by atoms with Crippen molar-refractivity contribution in [2.45, 2.75) is 34.6 Å². The van der Waals surface area contributed by atoms with Crippen LogP contribution in [0, 0.1) is 0 Å². The van der Waals surface area contributed by atoms with Crippen LogP contribution in [0.1, 0.15) is 34.6 Å². The predicted octanol–water partition coefficient (Wildman–Crippen LogP) is 3.70. The third kappa shape index (κ3) is 6.67. The first-order chi connectivity index (χ1) is 6.84. The lowest BCUT2D eigenvalue weighted by Crippen LogP contribution is -2.04. The normalized spacial score (nSPS) is 17.5. The molecule has 82 valence electrons. The van der Waals surface area contributed by atoms with Crippen LogP contribution in [0.3, 0.4) is 0 Å². The molecule has 1 nitrogen and oxygen atoms in total. The average Bonchev–Trinajstić information content (AvgIpc) is 2.67. The lowest BCUT2D eigenvalue weighted by molar-refractivity contribution is 0.895. The van der Waals surface area contributed by atoms with E-state index < -0.39 is 0 Å². The molecule has 0 aromatic rings. The smallest absolute Gasteiger partial charge is 0.0211 e. The van der Waals surface area contributed by atoms with E-state index in [9.17, 15) is 0 Å². The molecule has 1 N–H and O–H groups in total. The molecule has 0 aromatic heterocycles. The zero-order valence-corrected chi connectivity index (χ0v) is 10.4. The van der Waals surface area contributed by atoms with Crippen LogP contribution in [0.2, 0.25) is 0 Å². The molecule has 0 aromatic carbocycles. The summed E-state index contributed by atoms with van der Waals surface area (Å²) in [6, 6.07) is 0. The van der Waals surface area contributed by atoms with Crippen LogP contribution in [0.25, 0.3) is 0 Å². The maximum atomic E-state index is 3.92. The van der Waals surface area contributed by atoms with Crippen LogP contribution in [-0.4, -0.2) is 13.1 Å². The number of hydrogen-bond donors (Lipinski definition) is 1. The van der Waals surface area contributed by atoms with Gasteiger partial charge in [0.2, 0.25) is 0 Å². The van der Waals surface area contributed by atoms with Crippen LogP contribution in [0.15, 0.2) is 36.0 Å². The molecule has 14 heavy (non-hydrogen) atoms. The number of nitrogens with one attached hydrogen (secondary N) is 1. The second-order valence-corrected chi connectivity index (χ2v) is 2.42. The first-order valence-corrected chi connectivity index (χ1v) is 5.55. The standard InChI is InChI=1S/C9H13N.2C2H6/c1-3-4-5-9-7-10-6-8(9)2;2*1-2/h3-5,10H,2,6-7H2,1H3;2*1-2H3/b4-3-,9-5-;;. The Morgan fingerprint density at radius 3 is 2.07 bits per heavy atom. The first-order valence-electron chi connectivity index (χ1n) is 5.55. The summed E-state index contributed by atoms with van der Waals surface area (Å²) >= 11 is 0. The van der Waals surface area contributed by atoms with Gasteiger partial charge in [0.1, 0.15) is 0 Å². The average molecular weight is 195 g/mol. The summed E-state index contributed by atoms with van der Waals surface area (Å²) in [7, 11) is 0. The minimum absolute atomic E-state index is 0.948. The third-order valence-electron chi connectivity index (χ3n) is 1.60. The summed E-state index contributed by atoms with van der Waals surface area (Å²) in [6.07, 6.45) is 6.19. The van der Waals surface area contributed by atoms with Crippen molar-refractivity contribution < 1.29 is 0 Å². The quantitative estimate of drug-likeness (QED) is 0.672. The maximum Gasteiger partial charge on any atom is 0.0211 e. The van der Waals surface area contributed by atoms with Crippen molar-refractivity contribution >= 4 is 0 Å². The summed E-state index contributed by atoms with van der Waals surface area (Å²) in [6.45, 7) is 15.9. The summed E-state index contributed by atoms with van der Waals surface area (Å²) in [5.74, 6) is 0. The molecule has 0 aliphatic carbocycles. The van der Waals surface area contributed by atoms with Gasteiger partial charge in [-0.05, 0) is 18.1 Å². The molecule has 1 heteroatoms. The van der Waals surface area contributed by atoms with Crippen molar-refractivity contribution in [3.8, 4) is 0 Å². The SMILES string of the molecule is C=C1CNC/C1=C/C=C\C.CC.CC. The molecule has 0 spiro atoms. The van der Waals surface area contributed by atoms with Crippen molar-refractivity contribution in [2.24, 2.45) is 0 Å². The molecule has 0 radical (unpaired) electrons. The third-order valence-corrected chi connectivity index (χ3v) is 1.60. The molecule has 1 aliphatic heterocycles. The van der Waals surface area contributed by atoms with Crippen molar-refractivity contribution in [2.75, 3.05) is 13.1 Å². The van der Waals surface area contributed by atoms with Crippen molar-refractivity contribution in [3.63, 3.8) is 0 Å². The van der Waals surface area contributed by atoms with Gasteiger partial charge >= 0.3 is 0 Å². The second-order valence-electron chi connectivity index (χ2n) is 2.42. The molecular formula is C13H25N. The van der Waals surface area contributed by atoms with E-state index >= 15 is 0 Å². The van der Waals surface area contributed by atoms with E-state index in [0.29, 0.717) is 0 Å². The topological polar surface area (TPSA) is 12.0 Å². The molecule has 0 saturated carbocycles. The zero-order chi connectivity index (χ0) is 11.4. The Labute approximate surface area is 89.6 Å². The number of rotatable bonds is 1. The highest BCUT2D eigenvalue weighted by molar-refractivity contribution is 5.37. The highest BCUT2D eigenvalue weighted by Crippen LogP contribution is 2.11. The molecule has 1 aliphatic rings. The van der Waals surface area contributed by atoms with Gasteiger partial charge < -0.3 is 5.32 Å². The van der Waals surface area contributed by atoms with Gasteiger partial charge in [-0.1, -0.05) is 52.5 Å². The van der Waals surface area contributed by atoms with Crippen molar-refractivity contribution in [1.29, 1.82) is 0 Å². The van der Waals surface area contributed by atoms with Crippen LogP contribution in [-0.2, 0) is 0 Å². The molecule has 1 rings (SSSR count). The lowest BCUT2D eigenvalue weighted by Gasteiger charge is -1.91. The van der Waals surface area contributed by atoms with E-state index in [1.807, 2.05) is 46.8 Å². The highest BCUT2D eigenvalue weighted by atomic mass is 14.9. The number of allylic oxidation sites excluding steroid dienone is 3. The zero-order valence-electron chi connectivity index (χ0n) is 10.4. The Bertz CT molecular complexity index is 187. The molecule has 1 saturated heterocycles. The Balaban J connectivity index is 0. The fourth-order valence-corrected chi connectivity index (χ4v) is 0.976. The Hall–Kier alpha value is -0.820. The van der Waals surface area contributed by atoms with Crippen LogP contribution in [0.5, 0.6) is 0 Å². The molecule has 0 unspecified atom stereocenters. The minimum Gasteiger partial charge on any atom is -0.309 e. The van der Waals surface area contributed by atoms with Crippen LogP contribution < -0.4 is 5.32 Å². The van der Waals surface area contributed by atoms with E-state index in [1.54, 1.807) is 0 Å². The largest absolute Gasteiger partial charge is 0.309 e. The Kier molecular flexibility index (Phi) is 13.6.